The molecule has 1 aromatic carbocycles. The molecule has 1 heterocycles. The fraction of sp³-hybridized carbons (Fsp3) is 0.591. The fourth-order valence-corrected chi connectivity index (χ4v) is 7.42. The largest absolute Gasteiger partial charge is 0.302 e. The zero-order chi connectivity index (χ0) is 20.9. The molecule has 4 fully saturated rings. The van der Waals surface area contributed by atoms with E-state index < -0.39 is 4.92 Å². The molecule has 6 rings (SSSR count). The number of hydrogen-bond donors (Lipinski definition) is 0. The number of carbonyl (C=O) groups excluding carboxylic acids is 1. The highest BCUT2D eigenvalue weighted by atomic mass is 32.2. The minimum absolute atomic E-state index is 0.0318. The van der Waals surface area contributed by atoms with Gasteiger partial charge in [-0.15, -0.1) is 10.2 Å². The molecule has 4 saturated carbocycles. The number of thioether (sulfide) groups is 1. The molecule has 0 atom stereocenters. The van der Waals surface area contributed by atoms with Crippen LogP contribution in [0.4, 0.5) is 5.69 Å². The Labute approximate surface area is 179 Å². The lowest BCUT2D eigenvalue weighted by Gasteiger charge is -2.56. The van der Waals surface area contributed by atoms with E-state index in [0.717, 1.165) is 37.0 Å². The number of Topliss-reactive ketones (excluding diaryl/α,β-unsaturated/α-hetero) is 1. The third-order valence-electron chi connectivity index (χ3n) is 7.31. The van der Waals surface area contributed by atoms with E-state index in [0.29, 0.717) is 34.6 Å². The number of nitrogens with zero attached hydrogens (tertiary/aromatic N) is 4. The number of hydrogen-bond acceptors (Lipinski definition) is 6. The van der Waals surface area contributed by atoms with E-state index in [9.17, 15) is 14.9 Å². The molecule has 0 spiro atoms. The summed E-state index contributed by atoms with van der Waals surface area (Å²) < 4.78 is 1.94. The molecule has 0 N–H and O–H groups in total. The number of aromatic nitrogens is 3. The number of rotatable bonds is 7. The van der Waals surface area contributed by atoms with E-state index in [2.05, 4.69) is 10.2 Å². The minimum Gasteiger partial charge on any atom is -0.302 e. The Bertz CT molecular complexity index is 967. The van der Waals surface area contributed by atoms with Gasteiger partial charge < -0.3 is 4.57 Å². The average molecular weight is 427 g/mol. The molecule has 4 bridgehead atoms. The van der Waals surface area contributed by atoms with Crippen molar-refractivity contribution < 1.29 is 9.72 Å². The van der Waals surface area contributed by atoms with E-state index in [-0.39, 0.29) is 11.1 Å². The van der Waals surface area contributed by atoms with Crippen molar-refractivity contribution in [3.63, 3.8) is 0 Å². The Hall–Kier alpha value is -2.22. The Morgan fingerprint density at radius 1 is 1.20 bits per heavy atom. The van der Waals surface area contributed by atoms with Crippen LogP contribution in [0.5, 0.6) is 0 Å². The summed E-state index contributed by atoms with van der Waals surface area (Å²) in [5.41, 5.74) is 0.601. The van der Waals surface area contributed by atoms with Crippen molar-refractivity contribution in [2.24, 2.45) is 23.2 Å². The molecular weight excluding hydrogens is 400 g/mol. The van der Waals surface area contributed by atoms with E-state index in [1.807, 2.05) is 11.5 Å². The maximum atomic E-state index is 13.3. The van der Waals surface area contributed by atoms with Crippen LogP contribution in [-0.4, -0.2) is 31.2 Å². The standard InChI is InChI=1S/C22H26N4O3S/c1-2-25-20(17-4-3-5-18(9-17)26(28)29)23-24-21(25)30-13-19(27)22-10-14-6-15(11-22)8-16(7-14)12-22/h3-5,9,14-16H,2,6-8,10-13H2,1H3. The summed E-state index contributed by atoms with van der Waals surface area (Å²) in [7, 11) is 0. The van der Waals surface area contributed by atoms with Crippen LogP contribution in [0.2, 0.25) is 0 Å². The molecule has 0 radical (unpaired) electrons. The van der Waals surface area contributed by atoms with Gasteiger partial charge in [0.25, 0.3) is 5.69 Å². The molecule has 0 amide bonds. The molecule has 2 aromatic rings. The highest BCUT2D eigenvalue weighted by Gasteiger charge is 2.54. The van der Waals surface area contributed by atoms with Gasteiger partial charge >= 0.3 is 0 Å². The van der Waals surface area contributed by atoms with Gasteiger partial charge in [-0.05, 0) is 63.2 Å². The van der Waals surface area contributed by atoms with Crippen molar-refractivity contribution in [2.75, 3.05) is 5.75 Å². The summed E-state index contributed by atoms with van der Waals surface area (Å²) >= 11 is 1.46. The van der Waals surface area contributed by atoms with Crippen LogP contribution in [0.3, 0.4) is 0 Å². The zero-order valence-electron chi connectivity index (χ0n) is 17.1. The Kier molecular flexibility index (Phi) is 4.92. The van der Waals surface area contributed by atoms with Gasteiger partial charge in [0.2, 0.25) is 0 Å². The van der Waals surface area contributed by atoms with E-state index in [1.54, 1.807) is 12.1 Å². The van der Waals surface area contributed by atoms with E-state index >= 15 is 0 Å². The first-order valence-corrected chi connectivity index (χ1v) is 11.8. The van der Waals surface area contributed by atoms with Crippen molar-refractivity contribution >= 4 is 23.2 Å². The number of benzene rings is 1. The Morgan fingerprint density at radius 3 is 2.47 bits per heavy atom. The number of carbonyl (C=O) groups is 1. The number of ketones is 1. The van der Waals surface area contributed by atoms with E-state index in [4.69, 9.17) is 0 Å². The minimum atomic E-state index is -0.407. The van der Waals surface area contributed by atoms with Crippen molar-refractivity contribution in [3.05, 3.63) is 34.4 Å². The summed E-state index contributed by atoms with van der Waals surface area (Å²) in [6, 6.07) is 6.45. The molecule has 0 unspecified atom stereocenters. The van der Waals surface area contributed by atoms with Crippen LogP contribution in [0.15, 0.2) is 29.4 Å². The molecule has 8 heteroatoms. The third kappa shape index (κ3) is 3.35. The van der Waals surface area contributed by atoms with Gasteiger partial charge in [-0.25, -0.2) is 0 Å². The predicted molar refractivity (Wildman–Crippen MR) is 114 cm³/mol. The summed E-state index contributed by atoms with van der Waals surface area (Å²) in [5.74, 6) is 3.68. The summed E-state index contributed by atoms with van der Waals surface area (Å²) in [6.45, 7) is 2.63. The predicted octanol–water partition coefficient (Wildman–Crippen LogP) is 4.75. The van der Waals surface area contributed by atoms with Gasteiger partial charge in [0, 0.05) is 29.7 Å². The molecule has 7 nitrogen and oxygen atoms in total. The summed E-state index contributed by atoms with van der Waals surface area (Å²) in [5, 5.41) is 20.4. The zero-order valence-corrected chi connectivity index (χ0v) is 17.9. The second-order valence-electron chi connectivity index (χ2n) is 9.27. The highest BCUT2D eigenvalue weighted by molar-refractivity contribution is 7.99. The van der Waals surface area contributed by atoms with Gasteiger partial charge in [-0.1, -0.05) is 23.9 Å². The van der Waals surface area contributed by atoms with Gasteiger partial charge in [0.15, 0.2) is 11.0 Å². The highest BCUT2D eigenvalue weighted by Crippen LogP contribution is 2.60. The first-order chi connectivity index (χ1) is 14.5. The van der Waals surface area contributed by atoms with Gasteiger partial charge in [-0.2, -0.15) is 0 Å². The molecule has 158 valence electrons. The van der Waals surface area contributed by atoms with Crippen LogP contribution in [0, 0.1) is 33.3 Å². The second-order valence-corrected chi connectivity index (χ2v) is 10.2. The lowest BCUT2D eigenvalue weighted by atomic mass is 9.48. The fourth-order valence-electron chi connectivity index (χ4n) is 6.39. The van der Waals surface area contributed by atoms with Crippen LogP contribution in [-0.2, 0) is 11.3 Å². The second kappa shape index (κ2) is 7.48. The van der Waals surface area contributed by atoms with Crippen LogP contribution in [0.25, 0.3) is 11.4 Å². The maximum absolute atomic E-state index is 13.3. The Morgan fingerprint density at radius 2 is 1.87 bits per heavy atom. The molecule has 30 heavy (non-hydrogen) atoms. The molecule has 4 aliphatic carbocycles. The Balaban J connectivity index is 1.33. The first-order valence-electron chi connectivity index (χ1n) is 10.8. The SMILES string of the molecule is CCn1c(SCC(=O)C23CC4CC(CC(C4)C2)C3)nnc1-c1cccc([N+](=O)[O-])c1. The topological polar surface area (TPSA) is 90.9 Å². The van der Waals surface area contributed by atoms with Gasteiger partial charge in [-0.3, -0.25) is 14.9 Å². The quantitative estimate of drug-likeness (QED) is 0.360. The number of nitro groups is 1. The van der Waals surface area contributed by atoms with Crippen molar-refractivity contribution in [1.82, 2.24) is 14.8 Å². The lowest BCUT2D eigenvalue weighted by molar-refractivity contribution is -0.384. The monoisotopic (exact) mass is 426 g/mol. The van der Waals surface area contributed by atoms with Crippen LogP contribution >= 0.6 is 11.8 Å². The summed E-state index contributed by atoms with van der Waals surface area (Å²) in [4.78, 5) is 24.0. The first kappa shape index (κ1) is 19.7. The molecule has 1 aromatic heterocycles. The van der Waals surface area contributed by atoms with Crippen LogP contribution < -0.4 is 0 Å². The van der Waals surface area contributed by atoms with E-state index in [1.165, 1.54) is 43.2 Å². The average Bonchev–Trinajstić information content (AvgIpc) is 3.14. The smallest absolute Gasteiger partial charge is 0.270 e. The van der Waals surface area contributed by atoms with Gasteiger partial charge in [0.1, 0.15) is 5.78 Å². The molecule has 0 saturated heterocycles. The lowest BCUT2D eigenvalue weighted by Crippen LogP contribution is -2.50. The van der Waals surface area contributed by atoms with Crippen molar-refractivity contribution in [3.8, 4) is 11.4 Å². The number of nitro benzene ring substituents is 1. The maximum Gasteiger partial charge on any atom is 0.270 e. The van der Waals surface area contributed by atoms with Crippen molar-refractivity contribution in [2.45, 2.75) is 57.1 Å². The molecular formula is C22H26N4O3S. The van der Waals surface area contributed by atoms with Gasteiger partial charge in [0.05, 0.1) is 10.7 Å². The molecule has 0 aliphatic heterocycles. The summed E-state index contributed by atoms with van der Waals surface area (Å²) in [6.07, 6.45) is 7.23. The number of non-ortho nitro benzene ring substituents is 1. The normalized spacial score (nSPS) is 29.3. The van der Waals surface area contributed by atoms with Crippen LogP contribution in [0.1, 0.15) is 45.4 Å². The molecule has 4 aliphatic rings. The van der Waals surface area contributed by atoms with Crippen molar-refractivity contribution in [1.29, 1.82) is 0 Å². The third-order valence-corrected chi connectivity index (χ3v) is 8.28.